The quantitative estimate of drug-likeness (QED) is 0.897. The number of aromatic nitrogens is 1. The van der Waals surface area contributed by atoms with E-state index in [2.05, 4.69) is 31.1 Å². The van der Waals surface area contributed by atoms with E-state index in [1.165, 1.54) is 25.8 Å². The fourth-order valence-electron chi connectivity index (χ4n) is 2.45. The van der Waals surface area contributed by atoms with Crippen LogP contribution in [0.4, 0.5) is 11.5 Å². The number of hydrogen-bond donors (Lipinski definition) is 2. The van der Waals surface area contributed by atoms with Crippen molar-refractivity contribution >= 4 is 27.4 Å². The lowest BCUT2D eigenvalue weighted by atomic mass is 10.2. The van der Waals surface area contributed by atoms with Crippen molar-refractivity contribution in [1.82, 2.24) is 9.88 Å². The molecule has 1 aromatic rings. The molecule has 1 saturated heterocycles. The highest BCUT2D eigenvalue weighted by Crippen LogP contribution is 2.31. The summed E-state index contributed by atoms with van der Waals surface area (Å²) in [4.78, 5) is 6.90. The first-order valence-corrected chi connectivity index (χ1v) is 6.93. The van der Waals surface area contributed by atoms with Crippen molar-refractivity contribution < 1.29 is 0 Å². The number of nitrogen functional groups attached to an aromatic ring is 1. The summed E-state index contributed by atoms with van der Waals surface area (Å²) in [7, 11) is 0. The van der Waals surface area contributed by atoms with Gasteiger partial charge in [0.25, 0.3) is 0 Å². The zero-order valence-corrected chi connectivity index (χ0v) is 11.3. The third kappa shape index (κ3) is 2.55. The van der Waals surface area contributed by atoms with E-state index in [0.29, 0.717) is 11.7 Å². The van der Waals surface area contributed by atoms with Gasteiger partial charge in [0.1, 0.15) is 5.82 Å². The minimum atomic E-state index is 0.492. The smallest absolute Gasteiger partial charge is 0.149 e. The van der Waals surface area contributed by atoms with Crippen LogP contribution in [0.15, 0.2) is 16.7 Å². The van der Waals surface area contributed by atoms with E-state index in [-0.39, 0.29) is 0 Å². The number of nitrogens with zero attached hydrogens (tertiary/aromatic N) is 2. The molecule has 92 valence electrons. The molecule has 2 heterocycles. The van der Waals surface area contributed by atoms with E-state index in [0.717, 1.165) is 22.9 Å². The third-order valence-corrected chi connectivity index (χ3v) is 3.94. The van der Waals surface area contributed by atoms with Crippen LogP contribution >= 0.6 is 15.9 Å². The van der Waals surface area contributed by atoms with E-state index in [1.54, 1.807) is 6.20 Å². The molecule has 0 spiro atoms. The molecule has 2 fully saturated rings. The Hall–Kier alpha value is -0.810. The van der Waals surface area contributed by atoms with Crippen molar-refractivity contribution in [3.05, 3.63) is 16.7 Å². The molecule has 2 aliphatic rings. The van der Waals surface area contributed by atoms with Gasteiger partial charge in [0.05, 0.1) is 5.69 Å². The number of pyridine rings is 1. The molecule has 0 amide bonds. The normalized spacial score (nSPS) is 25.1. The summed E-state index contributed by atoms with van der Waals surface area (Å²) >= 11 is 3.37. The van der Waals surface area contributed by atoms with Gasteiger partial charge in [-0.25, -0.2) is 4.98 Å². The first-order chi connectivity index (χ1) is 8.22. The van der Waals surface area contributed by atoms with Gasteiger partial charge < -0.3 is 11.1 Å². The van der Waals surface area contributed by atoms with Crippen LogP contribution in [-0.2, 0) is 0 Å². The largest absolute Gasteiger partial charge is 0.396 e. The molecule has 1 aliphatic heterocycles. The monoisotopic (exact) mass is 296 g/mol. The van der Waals surface area contributed by atoms with Crippen LogP contribution in [0.2, 0.25) is 0 Å². The Morgan fingerprint density at radius 1 is 1.41 bits per heavy atom. The molecule has 4 nitrogen and oxygen atoms in total. The predicted octanol–water partition coefficient (Wildman–Crippen LogP) is 2.07. The Bertz CT molecular complexity index is 419. The average Bonchev–Trinajstić information content (AvgIpc) is 3.04. The van der Waals surface area contributed by atoms with Gasteiger partial charge >= 0.3 is 0 Å². The van der Waals surface area contributed by atoms with Crippen LogP contribution in [0.3, 0.4) is 0 Å². The number of nitrogens with two attached hydrogens (primary N) is 1. The predicted molar refractivity (Wildman–Crippen MR) is 73.0 cm³/mol. The van der Waals surface area contributed by atoms with Crippen molar-refractivity contribution in [2.45, 2.75) is 31.3 Å². The Balaban J connectivity index is 1.63. The molecule has 1 aliphatic carbocycles. The summed E-state index contributed by atoms with van der Waals surface area (Å²) in [5.74, 6) is 0.816. The molecule has 3 rings (SSSR count). The van der Waals surface area contributed by atoms with Crippen LogP contribution < -0.4 is 11.1 Å². The van der Waals surface area contributed by atoms with Crippen LogP contribution in [0.25, 0.3) is 0 Å². The van der Waals surface area contributed by atoms with Crippen molar-refractivity contribution in [3.8, 4) is 0 Å². The minimum Gasteiger partial charge on any atom is -0.396 e. The second kappa shape index (κ2) is 4.46. The van der Waals surface area contributed by atoms with Crippen LogP contribution in [0.5, 0.6) is 0 Å². The van der Waals surface area contributed by atoms with Gasteiger partial charge in [-0.05, 0) is 41.3 Å². The number of hydrogen-bond acceptors (Lipinski definition) is 4. The molecule has 3 N–H and O–H groups in total. The standard InChI is InChI=1S/C12H17BrN4/c13-8-5-11(14)12(15-6-8)16-9-3-4-17(7-9)10-1-2-10/h5-6,9-10H,1-4,7,14H2,(H,15,16). The van der Waals surface area contributed by atoms with E-state index in [4.69, 9.17) is 5.73 Å². The Kier molecular flexibility index (Phi) is 2.96. The number of nitrogens with one attached hydrogen (secondary N) is 1. The number of rotatable bonds is 3. The molecule has 1 aromatic heterocycles. The highest BCUT2D eigenvalue weighted by molar-refractivity contribution is 9.10. The van der Waals surface area contributed by atoms with E-state index in [9.17, 15) is 0 Å². The Morgan fingerprint density at radius 2 is 2.24 bits per heavy atom. The lowest BCUT2D eigenvalue weighted by molar-refractivity contribution is 0.326. The van der Waals surface area contributed by atoms with Gasteiger partial charge in [0.2, 0.25) is 0 Å². The Morgan fingerprint density at radius 3 is 2.94 bits per heavy atom. The SMILES string of the molecule is Nc1cc(Br)cnc1NC1CCN(C2CC2)C1. The maximum Gasteiger partial charge on any atom is 0.149 e. The lowest BCUT2D eigenvalue weighted by Crippen LogP contribution is -2.28. The fraction of sp³-hybridized carbons (Fsp3) is 0.583. The van der Waals surface area contributed by atoms with E-state index in [1.807, 2.05) is 6.07 Å². The second-order valence-electron chi connectivity index (χ2n) is 4.95. The zero-order valence-electron chi connectivity index (χ0n) is 9.69. The van der Waals surface area contributed by atoms with Crippen molar-refractivity contribution in [3.63, 3.8) is 0 Å². The summed E-state index contributed by atoms with van der Waals surface area (Å²) in [5.41, 5.74) is 6.65. The lowest BCUT2D eigenvalue weighted by Gasteiger charge is -2.17. The highest BCUT2D eigenvalue weighted by atomic mass is 79.9. The van der Waals surface area contributed by atoms with Crippen molar-refractivity contribution in [2.75, 3.05) is 24.1 Å². The molecular formula is C12H17BrN4. The molecule has 1 saturated carbocycles. The van der Waals surface area contributed by atoms with E-state index >= 15 is 0 Å². The maximum absolute atomic E-state index is 5.94. The van der Waals surface area contributed by atoms with Gasteiger partial charge in [0.15, 0.2) is 0 Å². The minimum absolute atomic E-state index is 0.492. The molecular weight excluding hydrogens is 280 g/mol. The molecule has 17 heavy (non-hydrogen) atoms. The van der Waals surface area contributed by atoms with Gasteiger partial charge in [-0.1, -0.05) is 0 Å². The number of anilines is 2. The summed E-state index contributed by atoms with van der Waals surface area (Å²) in [6.07, 6.45) is 5.73. The summed E-state index contributed by atoms with van der Waals surface area (Å²) < 4.78 is 0.923. The summed E-state index contributed by atoms with van der Waals surface area (Å²) in [5, 5.41) is 3.45. The molecule has 0 radical (unpaired) electrons. The maximum atomic E-state index is 5.94. The van der Waals surface area contributed by atoms with E-state index < -0.39 is 0 Å². The first-order valence-electron chi connectivity index (χ1n) is 6.14. The van der Waals surface area contributed by atoms with Crippen LogP contribution in [0, 0.1) is 0 Å². The molecule has 1 atom stereocenters. The molecule has 0 aromatic carbocycles. The van der Waals surface area contributed by atoms with Gasteiger partial charge in [-0.15, -0.1) is 0 Å². The average molecular weight is 297 g/mol. The van der Waals surface area contributed by atoms with Gasteiger partial charge in [-0.3, -0.25) is 4.90 Å². The number of halogens is 1. The second-order valence-corrected chi connectivity index (χ2v) is 5.86. The Labute approximate surface area is 110 Å². The summed E-state index contributed by atoms with van der Waals surface area (Å²) in [6, 6.07) is 3.24. The molecule has 5 heteroatoms. The number of likely N-dealkylation sites (tertiary alicyclic amines) is 1. The first kappa shape index (κ1) is 11.3. The van der Waals surface area contributed by atoms with Crippen LogP contribution in [-0.4, -0.2) is 35.1 Å². The zero-order chi connectivity index (χ0) is 11.8. The van der Waals surface area contributed by atoms with Gasteiger partial charge in [-0.2, -0.15) is 0 Å². The summed E-state index contributed by atoms with van der Waals surface area (Å²) in [6.45, 7) is 2.33. The van der Waals surface area contributed by atoms with Crippen LogP contribution in [0.1, 0.15) is 19.3 Å². The molecule has 1 unspecified atom stereocenters. The van der Waals surface area contributed by atoms with Crippen molar-refractivity contribution in [2.24, 2.45) is 0 Å². The molecule has 0 bridgehead atoms. The van der Waals surface area contributed by atoms with Gasteiger partial charge in [0, 0.05) is 35.8 Å². The highest BCUT2D eigenvalue weighted by Gasteiger charge is 2.34. The van der Waals surface area contributed by atoms with Crippen molar-refractivity contribution in [1.29, 1.82) is 0 Å². The fourth-order valence-corrected chi connectivity index (χ4v) is 2.79. The third-order valence-electron chi connectivity index (χ3n) is 3.51. The topological polar surface area (TPSA) is 54.2 Å².